The number of carbonyl (C=O) groups is 2. The summed E-state index contributed by atoms with van der Waals surface area (Å²) < 4.78 is 5.10. The highest BCUT2D eigenvalue weighted by Crippen LogP contribution is 2.28. The molecule has 0 spiro atoms. The van der Waals surface area contributed by atoms with E-state index in [2.05, 4.69) is 20.8 Å². The van der Waals surface area contributed by atoms with E-state index in [0.29, 0.717) is 5.75 Å². The summed E-state index contributed by atoms with van der Waals surface area (Å²) in [4.78, 5) is 22.4. The molecule has 1 atom stereocenters. The van der Waals surface area contributed by atoms with Crippen molar-refractivity contribution in [3.63, 3.8) is 0 Å². The Morgan fingerprint density at radius 3 is 2.21 bits per heavy atom. The third-order valence-corrected chi connectivity index (χ3v) is 3.52. The van der Waals surface area contributed by atoms with Gasteiger partial charge in [0.25, 0.3) is 0 Å². The van der Waals surface area contributed by atoms with E-state index in [0.717, 1.165) is 6.42 Å². The SMILES string of the molecule is CCC(C)(C)c1ccc(OC(=O)C(C)C(N)=O)cc1. The van der Waals surface area contributed by atoms with Crippen molar-refractivity contribution < 1.29 is 14.3 Å². The Morgan fingerprint density at radius 1 is 1.26 bits per heavy atom. The van der Waals surface area contributed by atoms with Crippen LogP contribution in [0.2, 0.25) is 0 Å². The minimum atomic E-state index is -0.938. The van der Waals surface area contributed by atoms with Crippen molar-refractivity contribution in [2.75, 3.05) is 0 Å². The smallest absolute Gasteiger partial charge is 0.323 e. The molecule has 0 aliphatic carbocycles. The second-order valence-electron chi connectivity index (χ2n) is 5.31. The van der Waals surface area contributed by atoms with Crippen molar-refractivity contribution in [1.29, 1.82) is 0 Å². The minimum absolute atomic E-state index is 0.0864. The summed E-state index contributed by atoms with van der Waals surface area (Å²) in [5.74, 6) is -1.83. The van der Waals surface area contributed by atoms with Gasteiger partial charge in [0.15, 0.2) is 0 Å². The van der Waals surface area contributed by atoms with Gasteiger partial charge < -0.3 is 10.5 Å². The van der Waals surface area contributed by atoms with Gasteiger partial charge in [0.1, 0.15) is 11.7 Å². The molecule has 19 heavy (non-hydrogen) atoms. The van der Waals surface area contributed by atoms with Gasteiger partial charge in [0, 0.05) is 0 Å². The molecule has 0 saturated carbocycles. The predicted molar refractivity (Wildman–Crippen MR) is 73.8 cm³/mol. The van der Waals surface area contributed by atoms with E-state index < -0.39 is 17.8 Å². The summed E-state index contributed by atoms with van der Waals surface area (Å²) in [5.41, 5.74) is 6.31. The molecule has 0 aliphatic heterocycles. The van der Waals surface area contributed by atoms with E-state index in [9.17, 15) is 9.59 Å². The first kappa shape index (κ1) is 15.2. The van der Waals surface area contributed by atoms with Gasteiger partial charge in [-0.15, -0.1) is 0 Å². The van der Waals surface area contributed by atoms with Crippen LogP contribution in [0.4, 0.5) is 0 Å². The molecule has 1 rings (SSSR count). The molecule has 0 aromatic heterocycles. The van der Waals surface area contributed by atoms with Crippen LogP contribution in [0.3, 0.4) is 0 Å². The fourth-order valence-electron chi connectivity index (χ4n) is 1.50. The molecule has 0 radical (unpaired) electrons. The van der Waals surface area contributed by atoms with Crippen LogP contribution in [0.5, 0.6) is 5.75 Å². The van der Waals surface area contributed by atoms with Crippen molar-refractivity contribution in [1.82, 2.24) is 0 Å². The number of carbonyl (C=O) groups excluding carboxylic acids is 2. The van der Waals surface area contributed by atoms with E-state index in [1.54, 1.807) is 12.1 Å². The Bertz CT molecular complexity index is 463. The molecule has 0 heterocycles. The average Bonchev–Trinajstić information content (AvgIpc) is 2.38. The average molecular weight is 263 g/mol. The first-order chi connectivity index (χ1) is 8.77. The lowest BCUT2D eigenvalue weighted by Crippen LogP contribution is -2.30. The summed E-state index contributed by atoms with van der Waals surface area (Å²) in [5, 5.41) is 0. The molecule has 1 unspecified atom stereocenters. The quantitative estimate of drug-likeness (QED) is 0.504. The normalized spacial score (nSPS) is 12.8. The van der Waals surface area contributed by atoms with Crippen molar-refractivity contribution in [3.8, 4) is 5.75 Å². The molecule has 1 amide bonds. The summed E-state index contributed by atoms with van der Waals surface area (Å²) in [7, 11) is 0. The topological polar surface area (TPSA) is 69.4 Å². The lowest BCUT2D eigenvalue weighted by molar-refractivity contribution is -0.142. The number of hydrogen-bond acceptors (Lipinski definition) is 3. The Kier molecular flexibility index (Phi) is 4.70. The second-order valence-corrected chi connectivity index (χ2v) is 5.31. The molecule has 2 N–H and O–H groups in total. The number of benzene rings is 1. The molecule has 1 aromatic carbocycles. The Labute approximate surface area is 113 Å². The van der Waals surface area contributed by atoms with Gasteiger partial charge in [0.2, 0.25) is 5.91 Å². The number of primary amides is 1. The van der Waals surface area contributed by atoms with Gasteiger partial charge in [-0.05, 0) is 36.5 Å². The van der Waals surface area contributed by atoms with Crippen LogP contribution in [0.1, 0.15) is 39.7 Å². The van der Waals surface area contributed by atoms with E-state index in [-0.39, 0.29) is 5.41 Å². The van der Waals surface area contributed by atoms with Crippen LogP contribution >= 0.6 is 0 Å². The van der Waals surface area contributed by atoms with Crippen LogP contribution in [0, 0.1) is 5.92 Å². The zero-order valence-corrected chi connectivity index (χ0v) is 11.9. The number of amides is 1. The molecule has 104 valence electrons. The maximum atomic E-state index is 11.6. The summed E-state index contributed by atoms with van der Waals surface area (Å²) in [6, 6.07) is 7.33. The maximum Gasteiger partial charge on any atom is 0.323 e. The zero-order valence-electron chi connectivity index (χ0n) is 11.9. The highest BCUT2D eigenvalue weighted by atomic mass is 16.5. The largest absolute Gasteiger partial charge is 0.426 e. The second kappa shape index (κ2) is 5.87. The lowest BCUT2D eigenvalue weighted by Gasteiger charge is -2.23. The Balaban J connectivity index is 2.78. The van der Waals surface area contributed by atoms with Gasteiger partial charge in [0.05, 0.1) is 0 Å². The number of rotatable bonds is 5. The zero-order chi connectivity index (χ0) is 14.6. The summed E-state index contributed by atoms with van der Waals surface area (Å²) in [6.07, 6.45) is 1.02. The fourth-order valence-corrected chi connectivity index (χ4v) is 1.50. The van der Waals surface area contributed by atoms with E-state index in [1.165, 1.54) is 12.5 Å². The molecule has 1 aromatic rings. The number of hydrogen-bond donors (Lipinski definition) is 1. The molecule has 4 nitrogen and oxygen atoms in total. The maximum absolute atomic E-state index is 11.6. The van der Waals surface area contributed by atoms with Gasteiger partial charge in [-0.25, -0.2) is 0 Å². The van der Waals surface area contributed by atoms with Crippen molar-refractivity contribution in [3.05, 3.63) is 29.8 Å². The Morgan fingerprint density at radius 2 is 1.79 bits per heavy atom. The van der Waals surface area contributed by atoms with E-state index in [4.69, 9.17) is 10.5 Å². The van der Waals surface area contributed by atoms with E-state index >= 15 is 0 Å². The van der Waals surface area contributed by atoms with Crippen molar-refractivity contribution >= 4 is 11.9 Å². The predicted octanol–water partition coefficient (Wildman–Crippen LogP) is 2.40. The van der Waals surface area contributed by atoms with Crippen molar-refractivity contribution in [2.24, 2.45) is 11.7 Å². The van der Waals surface area contributed by atoms with Crippen LogP contribution in [-0.2, 0) is 15.0 Å². The van der Waals surface area contributed by atoms with Crippen LogP contribution in [-0.4, -0.2) is 11.9 Å². The first-order valence-electron chi connectivity index (χ1n) is 6.39. The number of esters is 1. The molecule has 0 saturated heterocycles. The van der Waals surface area contributed by atoms with Crippen LogP contribution < -0.4 is 10.5 Å². The third kappa shape index (κ3) is 3.81. The van der Waals surface area contributed by atoms with E-state index in [1.807, 2.05) is 12.1 Å². The van der Waals surface area contributed by atoms with Crippen molar-refractivity contribution in [2.45, 2.75) is 39.5 Å². The summed E-state index contributed by atoms with van der Waals surface area (Å²) >= 11 is 0. The standard InChI is InChI=1S/C15H21NO3/c1-5-15(3,4)11-6-8-12(9-7-11)19-14(18)10(2)13(16)17/h6-10H,5H2,1-4H3,(H2,16,17). The number of ether oxygens (including phenoxy) is 1. The van der Waals surface area contributed by atoms with Gasteiger partial charge in [-0.2, -0.15) is 0 Å². The van der Waals surface area contributed by atoms with Crippen LogP contribution in [0.25, 0.3) is 0 Å². The van der Waals surface area contributed by atoms with Crippen LogP contribution in [0.15, 0.2) is 24.3 Å². The molecular weight excluding hydrogens is 242 g/mol. The fraction of sp³-hybridized carbons (Fsp3) is 0.467. The number of nitrogens with two attached hydrogens (primary N) is 1. The molecular formula is C15H21NO3. The summed E-state index contributed by atoms with van der Waals surface area (Å²) in [6.45, 7) is 7.87. The molecule has 0 bridgehead atoms. The highest BCUT2D eigenvalue weighted by molar-refractivity contribution is 5.97. The first-order valence-corrected chi connectivity index (χ1v) is 6.39. The third-order valence-electron chi connectivity index (χ3n) is 3.52. The lowest BCUT2D eigenvalue weighted by atomic mass is 9.82. The van der Waals surface area contributed by atoms with Gasteiger partial charge in [-0.1, -0.05) is 32.9 Å². The molecule has 0 aliphatic rings. The molecule has 4 heteroatoms. The van der Waals surface area contributed by atoms with Gasteiger partial charge >= 0.3 is 5.97 Å². The minimum Gasteiger partial charge on any atom is -0.426 e. The Hall–Kier alpha value is -1.84. The monoisotopic (exact) mass is 263 g/mol. The van der Waals surface area contributed by atoms with Gasteiger partial charge in [-0.3, -0.25) is 9.59 Å². The highest BCUT2D eigenvalue weighted by Gasteiger charge is 2.21. The molecule has 0 fully saturated rings.